The molecule has 0 aliphatic rings. The summed E-state index contributed by atoms with van der Waals surface area (Å²) in [4.78, 5) is 10.1. The Morgan fingerprint density at radius 1 is 0.667 bits per heavy atom. The lowest BCUT2D eigenvalue weighted by Gasteiger charge is -2.27. The van der Waals surface area contributed by atoms with Crippen LogP contribution in [0.2, 0.25) is 0 Å². The third-order valence-electron chi connectivity index (χ3n) is 6.68. The molecule has 0 radical (unpaired) electrons. The van der Waals surface area contributed by atoms with Crippen LogP contribution in [0.25, 0.3) is 10.7 Å². The van der Waals surface area contributed by atoms with E-state index in [-0.39, 0.29) is 5.92 Å². The van der Waals surface area contributed by atoms with Gasteiger partial charge in [-0.2, -0.15) is 0 Å². The fourth-order valence-corrected chi connectivity index (χ4v) is 10.7. The van der Waals surface area contributed by atoms with Crippen LogP contribution >= 0.6 is 29.9 Å². The smallest absolute Gasteiger partial charge is 0.143 e. The second-order valence-corrected chi connectivity index (χ2v) is 15.2. The van der Waals surface area contributed by atoms with Crippen molar-refractivity contribution in [2.24, 2.45) is 5.92 Å². The molecular weight excluding hydrogens is 531 g/mol. The van der Waals surface area contributed by atoms with Crippen molar-refractivity contribution in [1.29, 1.82) is 0 Å². The highest BCUT2D eigenvalue weighted by atomic mass is 32.1. The van der Waals surface area contributed by atoms with Gasteiger partial charge in [-0.05, 0) is 42.3 Å². The monoisotopic (exact) mass is 565 g/mol. The highest BCUT2D eigenvalue weighted by Gasteiger charge is 2.46. The SMILES string of the molecule is CC(C)/C=C/C=C/[C@H](C)c1nc(-c2nc(C[P+](c3ccccc3)(c3ccccc3)c3ccccc3)cs2)cs1. The van der Waals surface area contributed by atoms with E-state index in [0.29, 0.717) is 5.92 Å². The molecule has 2 aromatic heterocycles. The Balaban J connectivity index is 1.48. The van der Waals surface area contributed by atoms with Gasteiger partial charge < -0.3 is 0 Å². The normalized spacial score (nSPS) is 13.0. The van der Waals surface area contributed by atoms with Crippen molar-refractivity contribution in [3.05, 3.63) is 137 Å². The molecule has 0 fully saturated rings. The summed E-state index contributed by atoms with van der Waals surface area (Å²) in [6.07, 6.45) is 9.56. The van der Waals surface area contributed by atoms with Crippen LogP contribution in [0.15, 0.2) is 126 Å². The average molecular weight is 566 g/mol. The standard InChI is InChI=1S/C34H34N2PS2/c1-26(2)15-13-14-16-27(3)33-36-32(25-39-33)34-35-28(24-38-34)23-37(29-17-7-4-8-18-29,30-19-9-5-10-20-30)31-21-11-6-12-22-31/h4-22,24-27H,23H2,1-3H3/q+1/b15-13+,16-14+/t27-/m0/s1. The van der Waals surface area contributed by atoms with Crippen LogP contribution in [0, 0.1) is 5.92 Å². The third-order valence-corrected chi connectivity index (χ3v) is 13.0. The molecule has 0 spiro atoms. The van der Waals surface area contributed by atoms with Gasteiger partial charge in [-0.25, -0.2) is 9.97 Å². The van der Waals surface area contributed by atoms with E-state index < -0.39 is 7.26 Å². The molecule has 39 heavy (non-hydrogen) atoms. The fourth-order valence-electron chi connectivity index (χ4n) is 4.70. The number of aromatic nitrogens is 2. The van der Waals surface area contributed by atoms with E-state index in [4.69, 9.17) is 9.97 Å². The minimum atomic E-state index is -1.98. The summed E-state index contributed by atoms with van der Waals surface area (Å²) in [6.45, 7) is 6.58. The Hall–Kier alpha value is -3.17. The van der Waals surface area contributed by atoms with Gasteiger partial charge in [0.15, 0.2) is 0 Å². The lowest BCUT2D eigenvalue weighted by Crippen LogP contribution is -2.32. The molecule has 0 N–H and O–H groups in total. The first-order valence-electron chi connectivity index (χ1n) is 13.4. The molecule has 0 aliphatic heterocycles. The first-order chi connectivity index (χ1) is 19.1. The van der Waals surface area contributed by atoms with Gasteiger partial charge in [0.1, 0.15) is 40.0 Å². The summed E-state index contributed by atoms with van der Waals surface area (Å²) < 4.78 is 0. The first-order valence-corrected chi connectivity index (χ1v) is 17.1. The topological polar surface area (TPSA) is 25.8 Å². The van der Waals surface area contributed by atoms with Gasteiger partial charge in [0, 0.05) is 16.7 Å². The molecule has 5 rings (SSSR count). The molecule has 2 nitrogen and oxygen atoms in total. The number of benzene rings is 3. The predicted molar refractivity (Wildman–Crippen MR) is 174 cm³/mol. The Kier molecular flexibility index (Phi) is 8.98. The molecule has 2 heterocycles. The number of hydrogen-bond donors (Lipinski definition) is 0. The largest absolute Gasteiger partial charge is 0.238 e. The molecule has 0 amide bonds. The average Bonchev–Trinajstić information content (AvgIpc) is 3.65. The van der Waals surface area contributed by atoms with E-state index in [9.17, 15) is 0 Å². The lowest BCUT2D eigenvalue weighted by atomic mass is 10.1. The van der Waals surface area contributed by atoms with Crippen LogP contribution in [-0.4, -0.2) is 9.97 Å². The maximum atomic E-state index is 5.17. The van der Waals surface area contributed by atoms with E-state index >= 15 is 0 Å². The predicted octanol–water partition coefficient (Wildman–Crippen LogP) is 8.63. The molecule has 0 aliphatic carbocycles. The molecule has 3 aromatic carbocycles. The molecule has 1 atom stereocenters. The summed E-state index contributed by atoms with van der Waals surface area (Å²) >= 11 is 3.42. The van der Waals surface area contributed by atoms with Gasteiger partial charge in [0.05, 0.1) is 10.7 Å². The highest BCUT2D eigenvalue weighted by molar-refractivity contribution is 7.95. The zero-order valence-electron chi connectivity index (χ0n) is 22.6. The minimum absolute atomic E-state index is 0.271. The van der Waals surface area contributed by atoms with Gasteiger partial charge in [-0.1, -0.05) is 99.7 Å². The van der Waals surface area contributed by atoms with Crippen LogP contribution in [-0.2, 0) is 6.16 Å². The van der Waals surface area contributed by atoms with Crippen molar-refractivity contribution >= 4 is 45.8 Å². The maximum absolute atomic E-state index is 5.17. The van der Waals surface area contributed by atoms with E-state index in [2.05, 4.69) is 147 Å². The van der Waals surface area contributed by atoms with E-state index in [1.54, 1.807) is 22.7 Å². The van der Waals surface area contributed by atoms with Crippen LogP contribution < -0.4 is 15.9 Å². The fraction of sp³-hybridized carbons (Fsp3) is 0.176. The Labute approximate surface area is 241 Å². The second-order valence-electron chi connectivity index (χ2n) is 9.99. The third kappa shape index (κ3) is 6.36. The van der Waals surface area contributed by atoms with Gasteiger partial charge in [0.2, 0.25) is 0 Å². The summed E-state index contributed by atoms with van der Waals surface area (Å²) in [5.74, 6) is 0.829. The minimum Gasteiger partial charge on any atom is -0.238 e. The van der Waals surface area contributed by atoms with Gasteiger partial charge in [-0.3, -0.25) is 0 Å². The van der Waals surface area contributed by atoms with E-state index in [1.165, 1.54) is 15.9 Å². The zero-order valence-corrected chi connectivity index (χ0v) is 25.2. The van der Waals surface area contributed by atoms with Gasteiger partial charge in [0.25, 0.3) is 0 Å². The quantitative estimate of drug-likeness (QED) is 0.125. The molecule has 0 saturated carbocycles. The first kappa shape index (κ1) is 27.4. The molecule has 196 valence electrons. The van der Waals surface area contributed by atoms with E-state index in [1.807, 2.05) is 0 Å². The summed E-state index contributed by atoms with van der Waals surface area (Å²) in [7, 11) is -1.98. The summed E-state index contributed by atoms with van der Waals surface area (Å²) in [5, 5.41) is 10.6. The second kappa shape index (κ2) is 12.8. The summed E-state index contributed by atoms with van der Waals surface area (Å²) in [5.41, 5.74) is 2.11. The number of thiazole rings is 2. The molecule has 5 aromatic rings. The zero-order chi connectivity index (χ0) is 27.1. The van der Waals surface area contributed by atoms with Gasteiger partial charge in [-0.15, -0.1) is 22.7 Å². The number of nitrogens with zero attached hydrogens (tertiary/aromatic N) is 2. The molecule has 0 unspecified atom stereocenters. The van der Waals surface area contributed by atoms with Crippen LogP contribution in [0.1, 0.15) is 37.4 Å². The lowest BCUT2D eigenvalue weighted by molar-refractivity contribution is 0.831. The molecule has 0 saturated heterocycles. The van der Waals surface area contributed by atoms with Crippen molar-refractivity contribution in [3.8, 4) is 10.7 Å². The van der Waals surface area contributed by atoms with Crippen LogP contribution in [0.4, 0.5) is 0 Å². The number of hydrogen-bond acceptors (Lipinski definition) is 4. The maximum Gasteiger partial charge on any atom is 0.143 e. The van der Waals surface area contributed by atoms with Crippen molar-refractivity contribution in [1.82, 2.24) is 9.97 Å². The highest BCUT2D eigenvalue weighted by Crippen LogP contribution is 2.58. The Morgan fingerprint density at radius 3 is 1.74 bits per heavy atom. The van der Waals surface area contributed by atoms with Crippen LogP contribution in [0.5, 0.6) is 0 Å². The Morgan fingerprint density at radius 2 is 1.21 bits per heavy atom. The van der Waals surface area contributed by atoms with E-state index in [0.717, 1.165) is 27.6 Å². The number of rotatable bonds is 10. The number of allylic oxidation sites excluding steroid dienone is 4. The van der Waals surface area contributed by atoms with Crippen LogP contribution in [0.3, 0.4) is 0 Å². The van der Waals surface area contributed by atoms with Crippen molar-refractivity contribution in [2.75, 3.05) is 0 Å². The molecule has 0 bridgehead atoms. The molecular formula is C34H34N2PS2+. The molecule has 5 heteroatoms. The van der Waals surface area contributed by atoms with Crippen molar-refractivity contribution in [3.63, 3.8) is 0 Å². The Bertz CT molecular complexity index is 1420. The summed E-state index contributed by atoms with van der Waals surface area (Å²) in [6, 6.07) is 33.0. The van der Waals surface area contributed by atoms with Gasteiger partial charge >= 0.3 is 0 Å². The van der Waals surface area contributed by atoms with Crippen molar-refractivity contribution < 1.29 is 0 Å². The van der Waals surface area contributed by atoms with Crippen molar-refractivity contribution in [2.45, 2.75) is 32.9 Å².